The zero-order valence-electron chi connectivity index (χ0n) is 11.9. The Morgan fingerprint density at radius 1 is 1.33 bits per heavy atom. The van der Waals surface area contributed by atoms with Gasteiger partial charge in [0.2, 0.25) is 11.8 Å². The van der Waals surface area contributed by atoms with Gasteiger partial charge in [0.15, 0.2) is 0 Å². The van der Waals surface area contributed by atoms with Crippen molar-refractivity contribution >= 4 is 11.8 Å². The molecule has 1 saturated heterocycles. The van der Waals surface area contributed by atoms with Crippen LogP contribution in [0.2, 0.25) is 0 Å². The van der Waals surface area contributed by atoms with Crippen LogP contribution in [0.3, 0.4) is 0 Å². The average molecular weight is 255 g/mol. The number of rotatable bonds is 4. The van der Waals surface area contributed by atoms with Crippen molar-refractivity contribution in [2.45, 2.75) is 51.6 Å². The summed E-state index contributed by atoms with van der Waals surface area (Å²) in [6, 6.07) is -0.311. The highest BCUT2D eigenvalue weighted by Gasteiger charge is 2.38. The summed E-state index contributed by atoms with van der Waals surface area (Å²) < 4.78 is 0. The van der Waals surface area contributed by atoms with E-state index in [2.05, 4.69) is 10.6 Å². The minimum absolute atomic E-state index is 0.0117. The predicted octanol–water partition coefficient (Wildman–Crippen LogP) is 0.502. The summed E-state index contributed by atoms with van der Waals surface area (Å²) in [5.41, 5.74) is -0.613. The van der Waals surface area contributed by atoms with Crippen LogP contribution in [0.25, 0.3) is 0 Å². The second-order valence-corrected chi connectivity index (χ2v) is 5.28. The van der Waals surface area contributed by atoms with Gasteiger partial charge in [-0.2, -0.15) is 0 Å². The highest BCUT2D eigenvalue weighted by atomic mass is 16.2. The van der Waals surface area contributed by atoms with Gasteiger partial charge in [-0.25, -0.2) is 0 Å². The first-order valence-electron chi connectivity index (χ1n) is 6.71. The van der Waals surface area contributed by atoms with E-state index in [0.29, 0.717) is 6.54 Å². The van der Waals surface area contributed by atoms with E-state index >= 15 is 0 Å². The Kier molecular flexibility index (Phi) is 5.14. The number of amides is 2. The molecule has 0 saturated carbocycles. The molecule has 0 aromatic heterocycles. The van der Waals surface area contributed by atoms with E-state index in [-0.39, 0.29) is 17.9 Å². The number of nitrogens with one attached hydrogen (secondary N) is 2. The SMILES string of the molecule is CCNC(C)(C)C(=O)N1CCCCC1C(=O)NC. The van der Waals surface area contributed by atoms with Crippen LogP contribution in [0.1, 0.15) is 40.0 Å². The number of likely N-dealkylation sites (N-methyl/N-ethyl adjacent to an activating group) is 2. The molecule has 0 spiro atoms. The van der Waals surface area contributed by atoms with E-state index < -0.39 is 5.54 Å². The largest absolute Gasteiger partial charge is 0.357 e. The Bertz CT molecular complexity index is 315. The molecule has 1 aliphatic rings. The fourth-order valence-corrected chi connectivity index (χ4v) is 2.49. The molecule has 2 amide bonds. The molecule has 104 valence electrons. The third-order valence-corrected chi connectivity index (χ3v) is 3.47. The van der Waals surface area contributed by atoms with Gasteiger partial charge in [0, 0.05) is 13.6 Å². The zero-order valence-corrected chi connectivity index (χ0v) is 11.9. The van der Waals surface area contributed by atoms with Gasteiger partial charge >= 0.3 is 0 Å². The average Bonchev–Trinajstić information content (AvgIpc) is 2.37. The smallest absolute Gasteiger partial charge is 0.242 e. The first-order valence-corrected chi connectivity index (χ1v) is 6.71. The normalized spacial score (nSPS) is 20.7. The Hall–Kier alpha value is -1.10. The Morgan fingerprint density at radius 2 is 2.00 bits per heavy atom. The molecule has 1 unspecified atom stereocenters. The van der Waals surface area contributed by atoms with Crippen molar-refractivity contribution in [1.82, 2.24) is 15.5 Å². The van der Waals surface area contributed by atoms with E-state index in [1.807, 2.05) is 20.8 Å². The van der Waals surface area contributed by atoms with Crippen LogP contribution in [-0.2, 0) is 9.59 Å². The molecule has 0 aromatic carbocycles. The molecule has 5 nitrogen and oxygen atoms in total. The number of piperidine rings is 1. The monoisotopic (exact) mass is 255 g/mol. The molecule has 1 atom stereocenters. The molecule has 18 heavy (non-hydrogen) atoms. The van der Waals surface area contributed by atoms with Crippen LogP contribution >= 0.6 is 0 Å². The predicted molar refractivity (Wildman–Crippen MR) is 71.2 cm³/mol. The van der Waals surface area contributed by atoms with E-state index in [9.17, 15) is 9.59 Å². The lowest BCUT2D eigenvalue weighted by Crippen LogP contribution is -2.60. The molecule has 0 aromatic rings. The van der Waals surface area contributed by atoms with Crippen molar-refractivity contribution < 1.29 is 9.59 Å². The van der Waals surface area contributed by atoms with Gasteiger partial charge in [0.1, 0.15) is 6.04 Å². The molecule has 5 heteroatoms. The number of hydrogen-bond acceptors (Lipinski definition) is 3. The zero-order chi connectivity index (χ0) is 13.8. The molecule has 1 fully saturated rings. The minimum atomic E-state index is -0.613. The van der Waals surface area contributed by atoms with E-state index in [0.717, 1.165) is 25.8 Å². The van der Waals surface area contributed by atoms with Crippen molar-refractivity contribution in [1.29, 1.82) is 0 Å². The topological polar surface area (TPSA) is 61.4 Å². The first kappa shape index (κ1) is 15.0. The minimum Gasteiger partial charge on any atom is -0.357 e. The standard InChI is InChI=1S/C13H25N3O2/c1-5-15-13(2,3)12(18)16-9-7-6-8-10(16)11(17)14-4/h10,15H,5-9H2,1-4H3,(H,14,17). The van der Waals surface area contributed by atoms with Crippen molar-refractivity contribution in [3.63, 3.8) is 0 Å². The van der Waals surface area contributed by atoms with Crippen LogP contribution in [-0.4, -0.2) is 48.4 Å². The fraction of sp³-hybridized carbons (Fsp3) is 0.846. The van der Waals surface area contributed by atoms with Gasteiger partial charge in [-0.1, -0.05) is 6.92 Å². The van der Waals surface area contributed by atoms with E-state index in [1.165, 1.54) is 0 Å². The van der Waals surface area contributed by atoms with Gasteiger partial charge in [-0.05, 0) is 39.7 Å². The summed E-state index contributed by atoms with van der Waals surface area (Å²) in [6.45, 7) is 7.12. The summed E-state index contributed by atoms with van der Waals surface area (Å²) in [5, 5.41) is 5.82. The summed E-state index contributed by atoms with van der Waals surface area (Å²) in [4.78, 5) is 26.1. The molecule has 0 bridgehead atoms. The van der Waals surface area contributed by atoms with E-state index in [1.54, 1.807) is 11.9 Å². The number of carbonyl (C=O) groups excluding carboxylic acids is 2. The second kappa shape index (κ2) is 6.18. The molecular weight excluding hydrogens is 230 g/mol. The van der Waals surface area contributed by atoms with Gasteiger partial charge in [0.25, 0.3) is 0 Å². The summed E-state index contributed by atoms with van der Waals surface area (Å²) >= 11 is 0. The van der Waals surface area contributed by atoms with Crippen molar-refractivity contribution in [2.75, 3.05) is 20.1 Å². The second-order valence-electron chi connectivity index (χ2n) is 5.28. The van der Waals surface area contributed by atoms with Crippen LogP contribution < -0.4 is 10.6 Å². The van der Waals surface area contributed by atoms with E-state index in [4.69, 9.17) is 0 Å². The van der Waals surface area contributed by atoms with Crippen molar-refractivity contribution in [3.8, 4) is 0 Å². The first-order chi connectivity index (χ1) is 8.44. The number of nitrogens with zero attached hydrogens (tertiary/aromatic N) is 1. The van der Waals surface area contributed by atoms with Gasteiger partial charge < -0.3 is 15.5 Å². The van der Waals surface area contributed by atoms with Gasteiger partial charge in [-0.15, -0.1) is 0 Å². The van der Waals surface area contributed by atoms with Crippen LogP contribution in [0, 0.1) is 0 Å². The Labute approximate surface area is 109 Å². The number of likely N-dealkylation sites (tertiary alicyclic amines) is 1. The van der Waals surface area contributed by atoms with Gasteiger partial charge in [0.05, 0.1) is 5.54 Å². The fourth-order valence-electron chi connectivity index (χ4n) is 2.49. The van der Waals surface area contributed by atoms with Crippen LogP contribution in [0.4, 0.5) is 0 Å². The van der Waals surface area contributed by atoms with Gasteiger partial charge in [-0.3, -0.25) is 9.59 Å². The number of carbonyl (C=O) groups is 2. The van der Waals surface area contributed by atoms with Crippen molar-refractivity contribution in [2.24, 2.45) is 0 Å². The lowest BCUT2D eigenvalue weighted by atomic mass is 9.96. The number of hydrogen-bond donors (Lipinski definition) is 2. The highest BCUT2D eigenvalue weighted by Crippen LogP contribution is 2.21. The maximum absolute atomic E-state index is 12.5. The molecule has 2 N–H and O–H groups in total. The molecule has 1 aliphatic heterocycles. The summed E-state index contributed by atoms with van der Waals surface area (Å²) in [7, 11) is 1.62. The lowest BCUT2D eigenvalue weighted by Gasteiger charge is -2.39. The molecule has 1 heterocycles. The maximum Gasteiger partial charge on any atom is 0.242 e. The highest BCUT2D eigenvalue weighted by molar-refractivity contribution is 5.91. The van der Waals surface area contributed by atoms with Crippen LogP contribution in [0.5, 0.6) is 0 Å². The summed E-state index contributed by atoms with van der Waals surface area (Å²) in [5.74, 6) is -0.0481. The molecule has 1 rings (SSSR count). The lowest BCUT2D eigenvalue weighted by molar-refractivity contribution is -0.146. The van der Waals surface area contributed by atoms with Crippen LogP contribution in [0.15, 0.2) is 0 Å². The maximum atomic E-state index is 12.5. The molecule has 0 radical (unpaired) electrons. The molecule has 0 aliphatic carbocycles. The van der Waals surface area contributed by atoms with Crippen molar-refractivity contribution in [3.05, 3.63) is 0 Å². The third kappa shape index (κ3) is 3.22. The molecular formula is C13H25N3O2. The quantitative estimate of drug-likeness (QED) is 0.769. The summed E-state index contributed by atoms with van der Waals surface area (Å²) in [6.07, 6.45) is 2.73. The Morgan fingerprint density at radius 3 is 2.56 bits per heavy atom. The Balaban J connectivity index is 2.83. The third-order valence-electron chi connectivity index (χ3n) is 3.47.